The molecule has 0 aromatic heterocycles. The van der Waals surface area contributed by atoms with E-state index in [0.717, 1.165) is 0 Å². The zero-order valence-corrected chi connectivity index (χ0v) is 9.03. The summed E-state index contributed by atoms with van der Waals surface area (Å²) in [4.78, 5) is 1.41. The van der Waals surface area contributed by atoms with Crippen molar-refractivity contribution in [2.75, 3.05) is 6.26 Å². The van der Waals surface area contributed by atoms with Gasteiger partial charge in [0.1, 0.15) is 0 Å². The second-order valence-corrected chi connectivity index (χ2v) is 4.61. The van der Waals surface area contributed by atoms with Gasteiger partial charge in [0.05, 0.1) is 0 Å². The predicted octanol–water partition coefficient (Wildman–Crippen LogP) is 3.66. The van der Waals surface area contributed by atoms with E-state index in [9.17, 15) is 0 Å². The van der Waals surface area contributed by atoms with Crippen molar-refractivity contribution in [2.24, 2.45) is 0 Å². The summed E-state index contributed by atoms with van der Waals surface area (Å²) in [5.74, 6) is 0. The third-order valence-corrected chi connectivity index (χ3v) is 3.85. The van der Waals surface area contributed by atoms with Gasteiger partial charge >= 0.3 is 0 Å². The van der Waals surface area contributed by atoms with Crippen molar-refractivity contribution in [3.63, 3.8) is 0 Å². The fourth-order valence-corrected chi connectivity index (χ4v) is 2.99. The maximum atomic E-state index is 2.30. The summed E-state index contributed by atoms with van der Waals surface area (Å²) in [5.41, 5.74) is 3.07. The lowest BCUT2D eigenvalue weighted by molar-refractivity contribution is 1.02. The Balaban J connectivity index is 2.48. The van der Waals surface area contributed by atoms with Crippen molar-refractivity contribution in [3.05, 3.63) is 41.5 Å². The minimum atomic E-state index is 1.23. The van der Waals surface area contributed by atoms with Crippen LogP contribution in [-0.2, 0) is 12.8 Å². The van der Waals surface area contributed by atoms with Crippen LogP contribution in [0.25, 0.3) is 10.8 Å². The van der Waals surface area contributed by atoms with E-state index in [0.29, 0.717) is 0 Å². The van der Waals surface area contributed by atoms with E-state index in [4.69, 9.17) is 0 Å². The Bertz CT molecular complexity index is 490. The highest BCUT2D eigenvalue weighted by Gasteiger charge is 2.14. The summed E-state index contributed by atoms with van der Waals surface area (Å²) in [7, 11) is 0. The Kier molecular flexibility index (Phi) is 1.81. The molecule has 0 amide bonds. The largest absolute Gasteiger partial charge is 0.129 e. The first-order chi connectivity index (χ1) is 6.90. The fraction of sp³-hybridized carbons (Fsp3) is 0.231. The smallest absolute Gasteiger partial charge is 0.0148 e. The van der Waals surface area contributed by atoms with Gasteiger partial charge in [0, 0.05) is 4.90 Å². The maximum absolute atomic E-state index is 2.30. The van der Waals surface area contributed by atoms with Crippen LogP contribution in [0.15, 0.2) is 35.2 Å². The highest BCUT2D eigenvalue weighted by Crippen LogP contribution is 2.35. The van der Waals surface area contributed by atoms with Gasteiger partial charge in [-0.15, -0.1) is 11.8 Å². The number of rotatable bonds is 1. The van der Waals surface area contributed by atoms with E-state index in [2.05, 4.69) is 36.6 Å². The Morgan fingerprint density at radius 2 is 1.79 bits per heavy atom. The van der Waals surface area contributed by atoms with E-state index in [1.807, 2.05) is 11.8 Å². The Morgan fingerprint density at radius 3 is 2.57 bits per heavy atom. The molecule has 0 heterocycles. The van der Waals surface area contributed by atoms with E-state index in [1.54, 1.807) is 0 Å². The van der Waals surface area contributed by atoms with Crippen LogP contribution in [0.2, 0.25) is 0 Å². The summed E-state index contributed by atoms with van der Waals surface area (Å²) in [6.45, 7) is 0. The molecule has 0 saturated heterocycles. The zero-order valence-electron chi connectivity index (χ0n) is 8.21. The Hall–Kier alpha value is -0.950. The van der Waals surface area contributed by atoms with Gasteiger partial charge in [-0.1, -0.05) is 24.3 Å². The van der Waals surface area contributed by atoms with E-state index in [-0.39, 0.29) is 0 Å². The highest BCUT2D eigenvalue weighted by atomic mass is 32.2. The number of benzene rings is 2. The molecule has 2 aromatic carbocycles. The molecule has 70 valence electrons. The molecular formula is C13H12S. The van der Waals surface area contributed by atoms with E-state index >= 15 is 0 Å². The Morgan fingerprint density at radius 1 is 1.00 bits per heavy atom. The van der Waals surface area contributed by atoms with Gasteiger partial charge in [-0.25, -0.2) is 0 Å². The average Bonchev–Trinajstić information content (AvgIpc) is 2.65. The molecule has 1 heteroatoms. The molecule has 0 atom stereocenters. The first kappa shape index (κ1) is 8.37. The zero-order chi connectivity index (χ0) is 9.54. The second-order valence-electron chi connectivity index (χ2n) is 3.77. The average molecular weight is 200 g/mol. The molecule has 1 aliphatic rings. The van der Waals surface area contributed by atoms with Gasteiger partial charge < -0.3 is 0 Å². The van der Waals surface area contributed by atoms with Crippen LogP contribution in [0, 0.1) is 0 Å². The van der Waals surface area contributed by atoms with Gasteiger partial charge in [-0.05, 0) is 47.1 Å². The topological polar surface area (TPSA) is 0 Å². The molecule has 2 aromatic rings. The van der Waals surface area contributed by atoms with Gasteiger partial charge in [0.2, 0.25) is 0 Å². The first-order valence-corrected chi connectivity index (χ1v) is 6.20. The molecule has 0 fully saturated rings. The minimum Gasteiger partial charge on any atom is -0.129 e. The van der Waals surface area contributed by atoms with E-state index in [1.165, 1.54) is 39.6 Å². The number of hydrogen-bond acceptors (Lipinski definition) is 1. The van der Waals surface area contributed by atoms with Gasteiger partial charge in [-0.2, -0.15) is 0 Å². The summed E-state index contributed by atoms with van der Waals surface area (Å²) < 4.78 is 0. The number of hydrogen-bond donors (Lipinski definition) is 0. The lowest BCUT2D eigenvalue weighted by Crippen LogP contribution is -1.81. The molecule has 0 nitrogen and oxygen atoms in total. The SMILES string of the molecule is CSc1ccc2c3c(cccc13)CC2. The van der Waals surface area contributed by atoms with Gasteiger partial charge in [0.15, 0.2) is 0 Å². The van der Waals surface area contributed by atoms with Crippen molar-refractivity contribution >= 4 is 22.5 Å². The maximum Gasteiger partial charge on any atom is 0.0148 e. The van der Waals surface area contributed by atoms with Crippen molar-refractivity contribution in [3.8, 4) is 0 Å². The number of aryl methyl sites for hydroxylation is 2. The van der Waals surface area contributed by atoms with Crippen molar-refractivity contribution < 1.29 is 0 Å². The summed E-state index contributed by atoms with van der Waals surface area (Å²) >= 11 is 1.84. The molecule has 0 radical (unpaired) electrons. The standard InChI is InChI=1S/C13H12S/c1-14-12-8-7-10-6-5-9-3-2-4-11(12)13(9)10/h2-4,7-8H,5-6H2,1H3. The van der Waals surface area contributed by atoms with Crippen LogP contribution >= 0.6 is 11.8 Å². The fourth-order valence-electron chi connectivity index (χ4n) is 2.40. The predicted molar refractivity (Wildman–Crippen MR) is 63.1 cm³/mol. The monoisotopic (exact) mass is 200 g/mol. The molecule has 0 spiro atoms. The third-order valence-electron chi connectivity index (χ3n) is 3.06. The third kappa shape index (κ3) is 1.02. The lowest BCUT2D eigenvalue weighted by Gasteiger charge is -2.05. The normalized spacial score (nSPS) is 13.8. The van der Waals surface area contributed by atoms with Crippen molar-refractivity contribution in [1.29, 1.82) is 0 Å². The van der Waals surface area contributed by atoms with Crippen molar-refractivity contribution in [2.45, 2.75) is 17.7 Å². The Labute approximate surface area is 88.3 Å². The summed E-state index contributed by atoms with van der Waals surface area (Å²) in [5, 5.41) is 2.98. The molecule has 14 heavy (non-hydrogen) atoms. The van der Waals surface area contributed by atoms with Crippen LogP contribution in [-0.4, -0.2) is 6.26 Å². The van der Waals surface area contributed by atoms with Gasteiger partial charge in [-0.3, -0.25) is 0 Å². The summed E-state index contributed by atoms with van der Waals surface area (Å²) in [6, 6.07) is 11.3. The number of thioether (sulfide) groups is 1. The minimum absolute atomic E-state index is 1.23. The molecule has 0 aliphatic heterocycles. The molecular weight excluding hydrogens is 188 g/mol. The quantitative estimate of drug-likeness (QED) is 0.633. The highest BCUT2D eigenvalue weighted by molar-refractivity contribution is 7.98. The summed E-state index contributed by atoms with van der Waals surface area (Å²) in [6.07, 6.45) is 4.61. The molecule has 3 rings (SSSR count). The van der Waals surface area contributed by atoms with Crippen LogP contribution in [0.5, 0.6) is 0 Å². The molecule has 1 aliphatic carbocycles. The van der Waals surface area contributed by atoms with Crippen LogP contribution in [0.4, 0.5) is 0 Å². The van der Waals surface area contributed by atoms with Crippen molar-refractivity contribution in [1.82, 2.24) is 0 Å². The lowest BCUT2D eigenvalue weighted by atomic mass is 10.1. The van der Waals surface area contributed by atoms with Gasteiger partial charge in [0.25, 0.3) is 0 Å². The second kappa shape index (κ2) is 3.03. The van der Waals surface area contributed by atoms with E-state index < -0.39 is 0 Å². The first-order valence-electron chi connectivity index (χ1n) is 4.97. The molecule has 0 unspecified atom stereocenters. The molecule has 0 saturated carbocycles. The molecule has 0 N–H and O–H groups in total. The molecule has 0 bridgehead atoms. The van der Waals surface area contributed by atoms with Crippen LogP contribution in [0.1, 0.15) is 11.1 Å². The van der Waals surface area contributed by atoms with Crippen LogP contribution < -0.4 is 0 Å². The van der Waals surface area contributed by atoms with Crippen LogP contribution in [0.3, 0.4) is 0 Å².